The number of carboxylic acid groups (broad SMARTS) is 1. The molecule has 0 saturated carbocycles. The van der Waals surface area contributed by atoms with Crippen LogP contribution in [0.3, 0.4) is 0 Å². The average molecular weight is 142 g/mol. The summed E-state index contributed by atoms with van der Waals surface area (Å²) in [5.74, 6) is -0.781. The van der Waals surface area contributed by atoms with Crippen molar-refractivity contribution >= 4 is 5.97 Å². The average Bonchev–Trinajstić information content (AvgIpc) is 1.87. The van der Waals surface area contributed by atoms with E-state index in [1.165, 1.54) is 0 Å². The molecule has 0 aromatic rings. The first-order chi connectivity index (χ1) is 4.77. The molecule has 0 aromatic heterocycles. The third kappa shape index (κ3) is 6.76. The molecule has 0 aliphatic carbocycles. The first-order valence-corrected chi connectivity index (χ1v) is 3.11. The Morgan fingerprint density at radius 1 is 1.60 bits per heavy atom. The molecule has 0 aliphatic heterocycles. The molecule has 10 heavy (non-hydrogen) atoms. The minimum absolute atomic E-state index is 0.188. The number of aliphatic carboxylic acids is 1. The molecular formula is C6H10N2O2. The number of rotatable bonds is 5. The van der Waals surface area contributed by atoms with Crippen LogP contribution in [0.5, 0.6) is 0 Å². The summed E-state index contributed by atoms with van der Waals surface area (Å²) in [6, 6.07) is 0. The van der Waals surface area contributed by atoms with Crippen molar-refractivity contribution in [2.24, 2.45) is 0 Å². The maximum absolute atomic E-state index is 9.95. The fraction of sp³-hybridized carbons (Fsp3) is 0.667. The number of carbonyl (C=O) groups is 1. The molecular weight excluding hydrogens is 132 g/mol. The van der Waals surface area contributed by atoms with Crippen LogP contribution < -0.4 is 5.32 Å². The van der Waals surface area contributed by atoms with Crippen molar-refractivity contribution in [3.8, 4) is 6.19 Å². The standard InChI is InChI=1S/C6H10N2O2/c7-5-8-4-2-1-3-6(9)10/h8H,1-4H2,(H,9,10). The van der Waals surface area contributed by atoms with Crippen LogP contribution in [0.1, 0.15) is 19.3 Å². The lowest BCUT2D eigenvalue weighted by atomic mass is 10.2. The highest BCUT2D eigenvalue weighted by molar-refractivity contribution is 5.66. The molecule has 4 heteroatoms. The largest absolute Gasteiger partial charge is 0.481 e. The molecule has 0 rings (SSSR count). The normalized spacial score (nSPS) is 8.30. The fourth-order valence-corrected chi connectivity index (χ4v) is 0.546. The molecule has 0 heterocycles. The second-order valence-corrected chi connectivity index (χ2v) is 1.89. The fourth-order valence-electron chi connectivity index (χ4n) is 0.546. The number of nitrogens with one attached hydrogen (secondary N) is 1. The van der Waals surface area contributed by atoms with Gasteiger partial charge in [-0.2, -0.15) is 5.26 Å². The van der Waals surface area contributed by atoms with Gasteiger partial charge in [0, 0.05) is 13.0 Å². The van der Waals surface area contributed by atoms with Crippen LogP contribution in [-0.4, -0.2) is 17.6 Å². The van der Waals surface area contributed by atoms with Crippen molar-refractivity contribution in [2.45, 2.75) is 19.3 Å². The molecule has 0 aliphatic rings. The van der Waals surface area contributed by atoms with Gasteiger partial charge in [-0.25, -0.2) is 0 Å². The van der Waals surface area contributed by atoms with E-state index in [0.717, 1.165) is 6.42 Å². The van der Waals surface area contributed by atoms with Crippen molar-refractivity contribution in [3.63, 3.8) is 0 Å². The van der Waals surface area contributed by atoms with Crippen LogP contribution in [0.4, 0.5) is 0 Å². The van der Waals surface area contributed by atoms with Gasteiger partial charge in [-0.15, -0.1) is 0 Å². The van der Waals surface area contributed by atoms with E-state index in [9.17, 15) is 4.79 Å². The number of carboxylic acids is 1. The zero-order valence-corrected chi connectivity index (χ0v) is 5.63. The molecule has 0 radical (unpaired) electrons. The SMILES string of the molecule is N#CNCCCCC(=O)O. The molecule has 4 nitrogen and oxygen atoms in total. The zero-order chi connectivity index (χ0) is 7.82. The van der Waals surface area contributed by atoms with E-state index >= 15 is 0 Å². The second kappa shape index (κ2) is 5.89. The van der Waals surface area contributed by atoms with Crippen LogP contribution in [0.2, 0.25) is 0 Å². The zero-order valence-electron chi connectivity index (χ0n) is 5.63. The molecule has 0 fully saturated rings. The topological polar surface area (TPSA) is 73.1 Å². The molecule has 0 bridgehead atoms. The summed E-state index contributed by atoms with van der Waals surface area (Å²) in [5.41, 5.74) is 0. The van der Waals surface area contributed by atoms with Crippen LogP contribution in [0.25, 0.3) is 0 Å². The first-order valence-electron chi connectivity index (χ1n) is 3.11. The molecule has 0 aromatic carbocycles. The van der Waals surface area contributed by atoms with E-state index in [0.29, 0.717) is 13.0 Å². The van der Waals surface area contributed by atoms with Gasteiger partial charge >= 0.3 is 5.97 Å². The second-order valence-electron chi connectivity index (χ2n) is 1.89. The smallest absolute Gasteiger partial charge is 0.303 e. The number of unbranched alkanes of at least 4 members (excludes halogenated alkanes) is 1. The maximum atomic E-state index is 9.95. The van der Waals surface area contributed by atoms with E-state index in [2.05, 4.69) is 5.32 Å². The maximum Gasteiger partial charge on any atom is 0.303 e. The Morgan fingerprint density at radius 3 is 2.80 bits per heavy atom. The van der Waals surface area contributed by atoms with E-state index in [-0.39, 0.29) is 6.42 Å². The molecule has 0 atom stereocenters. The minimum atomic E-state index is -0.781. The van der Waals surface area contributed by atoms with E-state index < -0.39 is 5.97 Å². The molecule has 2 N–H and O–H groups in total. The van der Waals surface area contributed by atoms with Crippen molar-refractivity contribution in [1.82, 2.24) is 5.32 Å². The summed E-state index contributed by atoms with van der Waals surface area (Å²) in [4.78, 5) is 9.95. The number of hydrogen-bond donors (Lipinski definition) is 2. The van der Waals surface area contributed by atoms with Gasteiger partial charge in [0.1, 0.15) is 0 Å². The predicted octanol–water partition coefficient (Wildman–Crippen LogP) is 0.312. The Kier molecular flexibility index (Phi) is 5.16. The lowest BCUT2D eigenvalue weighted by molar-refractivity contribution is -0.137. The van der Waals surface area contributed by atoms with Crippen molar-refractivity contribution < 1.29 is 9.90 Å². The summed E-state index contributed by atoms with van der Waals surface area (Å²) in [5, 5.41) is 18.6. The Balaban J connectivity index is 2.92. The lowest BCUT2D eigenvalue weighted by Crippen LogP contribution is -2.07. The van der Waals surface area contributed by atoms with E-state index in [1.807, 2.05) is 0 Å². The third-order valence-electron chi connectivity index (χ3n) is 1.02. The Labute approximate surface area is 59.5 Å². The van der Waals surface area contributed by atoms with Crippen molar-refractivity contribution in [3.05, 3.63) is 0 Å². The highest BCUT2D eigenvalue weighted by Gasteiger charge is 1.94. The summed E-state index contributed by atoms with van der Waals surface area (Å²) in [7, 11) is 0. The summed E-state index contributed by atoms with van der Waals surface area (Å²) in [6.07, 6.45) is 3.31. The van der Waals surface area contributed by atoms with Gasteiger partial charge in [-0.1, -0.05) is 0 Å². The quantitative estimate of drug-likeness (QED) is 0.329. The first kappa shape index (κ1) is 8.76. The third-order valence-corrected chi connectivity index (χ3v) is 1.02. The van der Waals surface area contributed by atoms with Gasteiger partial charge in [0.05, 0.1) is 0 Å². The summed E-state index contributed by atoms with van der Waals surface area (Å²) < 4.78 is 0. The van der Waals surface area contributed by atoms with Crippen LogP contribution in [0, 0.1) is 11.5 Å². The molecule has 0 unspecified atom stereocenters. The van der Waals surface area contributed by atoms with Gasteiger partial charge < -0.3 is 10.4 Å². The van der Waals surface area contributed by atoms with Crippen LogP contribution in [0.15, 0.2) is 0 Å². The van der Waals surface area contributed by atoms with Crippen LogP contribution >= 0.6 is 0 Å². The highest BCUT2D eigenvalue weighted by Crippen LogP contribution is 1.92. The Morgan fingerprint density at radius 2 is 2.30 bits per heavy atom. The van der Waals surface area contributed by atoms with E-state index in [4.69, 9.17) is 10.4 Å². The highest BCUT2D eigenvalue weighted by atomic mass is 16.4. The number of nitriles is 1. The van der Waals surface area contributed by atoms with Crippen molar-refractivity contribution in [2.75, 3.05) is 6.54 Å². The molecule has 56 valence electrons. The number of nitrogens with zero attached hydrogens (tertiary/aromatic N) is 1. The summed E-state index contributed by atoms with van der Waals surface area (Å²) in [6.45, 7) is 0.573. The molecule has 0 amide bonds. The molecule has 0 spiro atoms. The lowest BCUT2D eigenvalue weighted by Gasteiger charge is -1.94. The van der Waals surface area contributed by atoms with Gasteiger partial charge in [0.15, 0.2) is 6.19 Å². The Bertz CT molecular complexity index is 139. The van der Waals surface area contributed by atoms with Crippen LogP contribution in [-0.2, 0) is 4.79 Å². The van der Waals surface area contributed by atoms with Gasteiger partial charge in [-0.3, -0.25) is 4.79 Å². The van der Waals surface area contributed by atoms with Gasteiger partial charge in [-0.05, 0) is 12.8 Å². The molecule has 0 saturated heterocycles. The van der Waals surface area contributed by atoms with E-state index in [1.54, 1.807) is 6.19 Å². The van der Waals surface area contributed by atoms with Crippen molar-refractivity contribution in [1.29, 1.82) is 5.26 Å². The number of hydrogen-bond acceptors (Lipinski definition) is 3. The van der Waals surface area contributed by atoms with Gasteiger partial charge in [0.2, 0.25) is 0 Å². The Hall–Kier alpha value is -1.24. The monoisotopic (exact) mass is 142 g/mol. The minimum Gasteiger partial charge on any atom is -0.481 e. The van der Waals surface area contributed by atoms with Gasteiger partial charge in [0.25, 0.3) is 0 Å². The predicted molar refractivity (Wildman–Crippen MR) is 35.1 cm³/mol. The summed E-state index contributed by atoms with van der Waals surface area (Å²) >= 11 is 0.